The lowest BCUT2D eigenvalue weighted by atomic mass is 9.90. The average Bonchev–Trinajstić information content (AvgIpc) is 2.80. The summed E-state index contributed by atoms with van der Waals surface area (Å²) in [5.41, 5.74) is 0. The minimum absolute atomic E-state index is 0.0289. The van der Waals surface area contributed by atoms with Gasteiger partial charge in [0.1, 0.15) is 0 Å². The zero-order valence-corrected chi connectivity index (χ0v) is 18.7. The molecule has 4 N–H and O–H groups in total. The molecule has 0 atom stereocenters. The van der Waals surface area contributed by atoms with Gasteiger partial charge in [-0.25, -0.2) is 0 Å². The lowest BCUT2D eigenvalue weighted by molar-refractivity contribution is -0.143. The van der Waals surface area contributed by atoms with E-state index >= 15 is 0 Å². The molecule has 0 saturated heterocycles. The van der Waals surface area contributed by atoms with Crippen molar-refractivity contribution in [3.05, 3.63) is 0 Å². The molecule has 0 heterocycles. The van der Waals surface area contributed by atoms with Crippen molar-refractivity contribution in [3.63, 3.8) is 0 Å². The van der Waals surface area contributed by atoms with E-state index in [9.17, 15) is 9.59 Å². The van der Waals surface area contributed by atoms with E-state index < -0.39 is 11.9 Å². The molecule has 0 spiro atoms. The van der Waals surface area contributed by atoms with Crippen LogP contribution in [0, 0.1) is 11.8 Å². The Balaban J connectivity index is 0.000000445. The standard InChI is InChI=1S/C8H18O5.2C7H12O2/c9-1-3-11-5-7-13-8-6-12-4-2-10;2*8-7(9)6-4-2-1-3-5-6/h9-10H,1-8H2;2*6H,1-5H2,(H,8,9). The fourth-order valence-corrected chi connectivity index (χ4v) is 3.37. The van der Waals surface area contributed by atoms with Crippen LogP contribution in [-0.2, 0) is 23.8 Å². The summed E-state index contributed by atoms with van der Waals surface area (Å²) in [7, 11) is 0. The van der Waals surface area contributed by atoms with Crippen LogP contribution in [-0.4, -0.2) is 85.2 Å². The molecule has 0 unspecified atom stereocenters. The van der Waals surface area contributed by atoms with Gasteiger partial charge in [0.25, 0.3) is 0 Å². The van der Waals surface area contributed by atoms with E-state index in [1.54, 1.807) is 0 Å². The normalized spacial score (nSPS) is 17.1. The Bertz CT molecular complexity index is 381. The Morgan fingerprint density at radius 2 is 0.839 bits per heavy atom. The van der Waals surface area contributed by atoms with Crippen LogP contribution in [0.2, 0.25) is 0 Å². The van der Waals surface area contributed by atoms with E-state index in [2.05, 4.69) is 0 Å². The molecule has 9 heteroatoms. The first-order valence-electron chi connectivity index (χ1n) is 11.4. The number of rotatable bonds is 12. The topological polar surface area (TPSA) is 143 Å². The van der Waals surface area contributed by atoms with Gasteiger partial charge in [-0.1, -0.05) is 38.5 Å². The molecule has 2 aliphatic carbocycles. The Morgan fingerprint density at radius 3 is 1.06 bits per heavy atom. The summed E-state index contributed by atoms with van der Waals surface area (Å²) in [4.78, 5) is 20.7. The summed E-state index contributed by atoms with van der Waals surface area (Å²) in [6.07, 6.45) is 10.5. The minimum atomic E-state index is -0.602. The number of aliphatic hydroxyl groups is 2. The lowest BCUT2D eigenvalue weighted by Gasteiger charge is -2.16. The van der Waals surface area contributed by atoms with Crippen LogP contribution in [0.15, 0.2) is 0 Å². The molecular weight excluding hydrogens is 408 g/mol. The quantitative estimate of drug-likeness (QED) is 0.329. The van der Waals surface area contributed by atoms with Crippen molar-refractivity contribution in [1.29, 1.82) is 0 Å². The molecule has 2 rings (SSSR count). The maximum absolute atomic E-state index is 10.4. The number of carboxylic acid groups (broad SMARTS) is 2. The van der Waals surface area contributed by atoms with E-state index in [-0.39, 0.29) is 25.0 Å². The van der Waals surface area contributed by atoms with Gasteiger partial charge >= 0.3 is 11.9 Å². The van der Waals surface area contributed by atoms with Gasteiger partial charge in [0, 0.05) is 0 Å². The molecule has 2 saturated carbocycles. The molecule has 9 nitrogen and oxygen atoms in total. The first-order chi connectivity index (χ1) is 15.0. The Labute approximate surface area is 185 Å². The Hall–Kier alpha value is -1.26. The smallest absolute Gasteiger partial charge is 0.306 e. The van der Waals surface area contributed by atoms with Crippen LogP contribution < -0.4 is 0 Å². The van der Waals surface area contributed by atoms with Gasteiger partial charge in [0.05, 0.1) is 64.7 Å². The third-order valence-electron chi connectivity index (χ3n) is 5.12. The van der Waals surface area contributed by atoms with Crippen LogP contribution in [0.5, 0.6) is 0 Å². The van der Waals surface area contributed by atoms with Crippen molar-refractivity contribution in [2.45, 2.75) is 64.2 Å². The van der Waals surface area contributed by atoms with E-state index in [0.29, 0.717) is 39.6 Å². The van der Waals surface area contributed by atoms with Gasteiger partial charge in [-0.2, -0.15) is 0 Å². The van der Waals surface area contributed by atoms with Gasteiger partial charge in [-0.05, 0) is 25.7 Å². The summed E-state index contributed by atoms with van der Waals surface area (Å²) in [5.74, 6) is -1.26. The highest BCUT2D eigenvalue weighted by Gasteiger charge is 2.20. The number of carboxylic acids is 2. The number of hydrogen-bond donors (Lipinski definition) is 4. The SMILES string of the molecule is O=C(O)C1CCCCC1.O=C(O)C1CCCCC1.OCCOCCOCCOCCO. The van der Waals surface area contributed by atoms with Crippen LogP contribution in [0.4, 0.5) is 0 Å². The second kappa shape index (κ2) is 22.0. The predicted octanol–water partition coefficient (Wildman–Crippen LogP) is 2.32. The fraction of sp³-hybridized carbons (Fsp3) is 0.909. The molecule has 2 fully saturated rings. The molecule has 0 aromatic rings. The van der Waals surface area contributed by atoms with Gasteiger partial charge in [0.2, 0.25) is 0 Å². The molecule has 0 aromatic heterocycles. The van der Waals surface area contributed by atoms with Crippen molar-refractivity contribution < 1.29 is 44.2 Å². The van der Waals surface area contributed by atoms with Crippen molar-refractivity contribution >= 4 is 11.9 Å². The molecule has 184 valence electrons. The van der Waals surface area contributed by atoms with Gasteiger partial charge in [0.15, 0.2) is 0 Å². The molecule has 2 aliphatic rings. The van der Waals surface area contributed by atoms with Crippen LogP contribution in [0.3, 0.4) is 0 Å². The molecule has 0 aromatic carbocycles. The molecular formula is C22H42O9. The zero-order chi connectivity index (χ0) is 23.2. The first kappa shape index (κ1) is 29.7. The third-order valence-corrected chi connectivity index (χ3v) is 5.12. The average molecular weight is 451 g/mol. The second-order valence-corrected chi connectivity index (χ2v) is 7.63. The largest absolute Gasteiger partial charge is 0.481 e. The molecule has 0 amide bonds. The number of aliphatic carboxylic acids is 2. The van der Waals surface area contributed by atoms with E-state index in [1.165, 1.54) is 12.8 Å². The number of carbonyl (C=O) groups is 2. The Kier molecular flexibility index (Phi) is 21.1. The molecule has 0 radical (unpaired) electrons. The van der Waals surface area contributed by atoms with Crippen molar-refractivity contribution in [1.82, 2.24) is 0 Å². The third kappa shape index (κ3) is 19.2. The van der Waals surface area contributed by atoms with Gasteiger partial charge in [-0.15, -0.1) is 0 Å². The monoisotopic (exact) mass is 450 g/mol. The van der Waals surface area contributed by atoms with Crippen molar-refractivity contribution in [2.75, 3.05) is 52.9 Å². The van der Waals surface area contributed by atoms with E-state index in [0.717, 1.165) is 51.4 Å². The van der Waals surface area contributed by atoms with Gasteiger partial charge in [-0.3, -0.25) is 9.59 Å². The first-order valence-corrected chi connectivity index (χ1v) is 11.4. The lowest BCUT2D eigenvalue weighted by Crippen LogP contribution is -2.16. The van der Waals surface area contributed by atoms with Crippen molar-refractivity contribution in [3.8, 4) is 0 Å². The Morgan fingerprint density at radius 1 is 0.548 bits per heavy atom. The van der Waals surface area contributed by atoms with Crippen molar-refractivity contribution in [2.24, 2.45) is 11.8 Å². The number of aliphatic hydroxyl groups excluding tert-OH is 2. The van der Waals surface area contributed by atoms with Crippen LogP contribution in [0.1, 0.15) is 64.2 Å². The number of hydrogen-bond acceptors (Lipinski definition) is 7. The van der Waals surface area contributed by atoms with Crippen LogP contribution >= 0.6 is 0 Å². The highest BCUT2D eigenvalue weighted by Crippen LogP contribution is 2.23. The maximum atomic E-state index is 10.4. The summed E-state index contributed by atoms with van der Waals surface area (Å²) < 4.78 is 15.0. The number of ether oxygens (including phenoxy) is 3. The molecule has 31 heavy (non-hydrogen) atoms. The van der Waals surface area contributed by atoms with E-state index in [1.807, 2.05) is 0 Å². The second-order valence-electron chi connectivity index (χ2n) is 7.63. The highest BCUT2D eigenvalue weighted by molar-refractivity contribution is 5.70. The summed E-state index contributed by atoms with van der Waals surface area (Å²) in [5, 5.41) is 33.8. The maximum Gasteiger partial charge on any atom is 0.306 e. The zero-order valence-electron chi connectivity index (χ0n) is 18.7. The van der Waals surface area contributed by atoms with Crippen LogP contribution in [0.25, 0.3) is 0 Å². The molecule has 0 aliphatic heterocycles. The molecule has 0 bridgehead atoms. The summed E-state index contributed by atoms with van der Waals surface area (Å²) in [6, 6.07) is 0. The minimum Gasteiger partial charge on any atom is -0.481 e. The van der Waals surface area contributed by atoms with E-state index in [4.69, 9.17) is 34.6 Å². The highest BCUT2D eigenvalue weighted by atomic mass is 16.5. The van der Waals surface area contributed by atoms with Gasteiger partial charge < -0.3 is 34.6 Å². The fourth-order valence-electron chi connectivity index (χ4n) is 3.37. The predicted molar refractivity (Wildman–Crippen MR) is 115 cm³/mol. The summed E-state index contributed by atoms with van der Waals surface area (Å²) >= 11 is 0. The summed E-state index contributed by atoms with van der Waals surface area (Å²) in [6.45, 7) is 2.76.